The normalized spacial score (nSPS) is 14.7. The van der Waals surface area contributed by atoms with Crippen LogP contribution in [0.4, 0.5) is 5.69 Å². The fourth-order valence-corrected chi connectivity index (χ4v) is 2.11. The van der Waals surface area contributed by atoms with Gasteiger partial charge >= 0.3 is 0 Å². The van der Waals surface area contributed by atoms with Gasteiger partial charge in [0.05, 0.1) is 18.8 Å². The molecule has 0 fully saturated rings. The number of ether oxygens (including phenoxy) is 3. The van der Waals surface area contributed by atoms with Crippen LogP contribution in [0.1, 0.15) is 20.8 Å². The van der Waals surface area contributed by atoms with Gasteiger partial charge in [-0.05, 0) is 32.9 Å². The molecule has 1 aliphatic heterocycles. The molecule has 1 atom stereocenters. The number of nitrogens with zero attached hydrogens (tertiary/aromatic N) is 1. The lowest BCUT2D eigenvalue weighted by molar-refractivity contribution is 0.00897. The number of hydrogen-bond donors (Lipinski definition) is 1. The molecule has 0 saturated carbocycles. The minimum atomic E-state index is -0.511. The van der Waals surface area contributed by atoms with E-state index in [1.165, 1.54) is 0 Å². The van der Waals surface area contributed by atoms with Gasteiger partial charge in [0.15, 0.2) is 11.5 Å². The summed E-state index contributed by atoms with van der Waals surface area (Å²) in [4.78, 5) is 2.09. The topological polar surface area (TPSA) is 51.2 Å². The Morgan fingerprint density at radius 3 is 2.75 bits per heavy atom. The van der Waals surface area contributed by atoms with Gasteiger partial charge in [0.1, 0.15) is 0 Å². The molecule has 1 aromatic carbocycles. The summed E-state index contributed by atoms with van der Waals surface area (Å²) >= 11 is 0. The van der Waals surface area contributed by atoms with Gasteiger partial charge in [-0.2, -0.15) is 0 Å². The van der Waals surface area contributed by atoms with Crippen molar-refractivity contribution in [2.45, 2.75) is 33.0 Å². The molecule has 0 saturated heterocycles. The van der Waals surface area contributed by atoms with E-state index in [2.05, 4.69) is 11.8 Å². The number of hydrogen-bond acceptors (Lipinski definition) is 5. The molecular formula is C15H23NO4. The maximum absolute atomic E-state index is 10.0. The van der Waals surface area contributed by atoms with Crippen LogP contribution in [0.3, 0.4) is 0 Å². The van der Waals surface area contributed by atoms with Gasteiger partial charge in [0.25, 0.3) is 0 Å². The Labute approximate surface area is 120 Å². The van der Waals surface area contributed by atoms with E-state index in [1.807, 2.05) is 32.0 Å². The Bertz CT molecular complexity index is 436. The fraction of sp³-hybridized carbons (Fsp3) is 0.600. The Hall–Kier alpha value is -1.46. The highest BCUT2D eigenvalue weighted by molar-refractivity contribution is 5.57. The summed E-state index contributed by atoms with van der Waals surface area (Å²) in [5.41, 5.74) is 1.01. The predicted molar refractivity (Wildman–Crippen MR) is 77.5 cm³/mol. The van der Waals surface area contributed by atoms with Crippen molar-refractivity contribution in [2.75, 3.05) is 31.4 Å². The van der Waals surface area contributed by atoms with Crippen molar-refractivity contribution in [3.8, 4) is 11.5 Å². The van der Waals surface area contributed by atoms with Crippen LogP contribution in [0.5, 0.6) is 11.5 Å². The SMILES string of the molecule is CCN(CC(O)COC(C)C)c1ccc2c(c1)OCO2. The standard InChI is InChI=1S/C15H23NO4/c1-4-16(8-13(17)9-18-11(2)3)12-5-6-14-15(7-12)20-10-19-14/h5-7,11,13,17H,4,8-10H2,1-3H3. The molecule has 1 N–H and O–H groups in total. The van der Waals surface area contributed by atoms with Crippen LogP contribution in [0.15, 0.2) is 18.2 Å². The number of aliphatic hydroxyl groups excluding tert-OH is 1. The molecule has 1 aromatic rings. The number of benzene rings is 1. The van der Waals surface area contributed by atoms with Crippen molar-refractivity contribution in [1.29, 1.82) is 0 Å². The van der Waals surface area contributed by atoms with E-state index in [1.54, 1.807) is 0 Å². The molecule has 0 amide bonds. The summed E-state index contributed by atoms with van der Waals surface area (Å²) in [6.07, 6.45) is -0.381. The van der Waals surface area contributed by atoms with Crippen LogP contribution in [-0.2, 0) is 4.74 Å². The third-order valence-electron chi connectivity index (χ3n) is 3.16. The highest BCUT2D eigenvalue weighted by Gasteiger charge is 2.17. The minimum absolute atomic E-state index is 0.130. The molecule has 5 heteroatoms. The summed E-state index contributed by atoms with van der Waals surface area (Å²) in [6.45, 7) is 7.93. The molecule has 0 aromatic heterocycles. The van der Waals surface area contributed by atoms with Gasteiger partial charge in [0, 0.05) is 24.8 Å². The van der Waals surface area contributed by atoms with Crippen molar-refractivity contribution in [3.63, 3.8) is 0 Å². The minimum Gasteiger partial charge on any atom is -0.454 e. The van der Waals surface area contributed by atoms with Gasteiger partial charge in [0.2, 0.25) is 6.79 Å². The zero-order valence-corrected chi connectivity index (χ0v) is 12.3. The van der Waals surface area contributed by atoms with Crippen LogP contribution in [0.2, 0.25) is 0 Å². The number of fused-ring (bicyclic) bond motifs is 1. The third-order valence-corrected chi connectivity index (χ3v) is 3.16. The largest absolute Gasteiger partial charge is 0.454 e. The Morgan fingerprint density at radius 2 is 2.05 bits per heavy atom. The number of likely N-dealkylation sites (N-methyl/N-ethyl adjacent to an activating group) is 1. The zero-order chi connectivity index (χ0) is 14.5. The number of anilines is 1. The smallest absolute Gasteiger partial charge is 0.231 e. The first kappa shape index (κ1) is 14.9. The van der Waals surface area contributed by atoms with Crippen molar-refractivity contribution < 1.29 is 19.3 Å². The summed E-state index contributed by atoms with van der Waals surface area (Å²) in [5.74, 6) is 1.53. The third kappa shape index (κ3) is 3.77. The van der Waals surface area contributed by atoms with E-state index in [4.69, 9.17) is 14.2 Å². The van der Waals surface area contributed by atoms with E-state index in [0.717, 1.165) is 23.7 Å². The average molecular weight is 281 g/mol. The molecule has 0 bridgehead atoms. The second-order valence-electron chi connectivity index (χ2n) is 5.11. The first-order chi connectivity index (χ1) is 9.60. The average Bonchev–Trinajstić information content (AvgIpc) is 2.89. The van der Waals surface area contributed by atoms with E-state index < -0.39 is 6.10 Å². The first-order valence-electron chi connectivity index (χ1n) is 7.04. The summed E-state index contributed by atoms with van der Waals surface area (Å²) in [7, 11) is 0. The monoisotopic (exact) mass is 281 g/mol. The van der Waals surface area contributed by atoms with Crippen molar-refractivity contribution in [3.05, 3.63) is 18.2 Å². The van der Waals surface area contributed by atoms with Crippen molar-refractivity contribution in [1.82, 2.24) is 0 Å². The van der Waals surface area contributed by atoms with E-state index in [9.17, 15) is 5.11 Å². The lowest BCUT2D eigenvalue weighted by Crippen LogP contribution is -2.35. The predicted octanol–water partition coefficient (Wildman–Crippen LogP) is 2.03. The first-order valence-corrected chi connectivity index (χ1v) is 7.04. The Morgan fingerprint density at radius 1 is 1.30 bits per heavy atom. The van der Waals surface area contributed by atoms with Crippen LogP contribution >= 0.6 is 0 Å². The van der Waals surface area contributed by atoms with E-state index in [0.29, 0.717) is 13.2 Å². The second kappa shape index (κ2) is 6.81. The van der Waals surface area contributed by atoms with Crippen molar-refractivity contribution in [2.24, 2.45) is 0 Å². The molecular weight excluding hydrogens is 258 g/mol. The molecule has 5 nitrogen and oxygen atoms in total. The highest BCUT2D eigenvalue weighted by Crippen LogP contribution is 2.35. The molecule has 20 heavy (non-hydrogen) atoms. The van der Waals surface area contributed by atoms with Crippen LogP contribution in [0, 0.1) is 0 Å². The van der Waals surface area contributed by atoms with Crippen molar-refractivity contribution >= 4 is 5.69 Å². The molecule has 112 valence electrons. The van der Waals surface area contributed by atoms with Crippen LogP contribution in [0.25, 0.3) is 0 Å². The Balaban J connectivity index is 1.97. The summed E-state index contributed by atoms with van der Waals surface area (Å²) in [6, 6.07) is 5.83. The van der Waals surface area contributed by atoms with Gasteiger partial charge in [-0.3, -0.25) is 0 Å². The van der Waals surface area contributed by atoms with Gasteiger partial charge in [-0.25, -0.2) is 0 Å². The van der Waals surface area contributed by atoms with Gasteiger partial charge < -0.3 is 24.2 Å². The maximum Gasteiger partial charge on any atom is 0.231 e. The Kier molecular flexibility index (Phi) is 5.09. The van der Waals surface area contributed by atoms with E-state index >= 15 is 0 Å². The summed E-state index contributed by atoms with van der Waals surface area (Å²) in [5, 5.41) is 10.0. The quantitative estimate of drug-likeness (QED) is 0.828. The lowest BCUT2D eigenvalue weighted by atomic mass is 10.2. The molecule has 1 aliphatic rings. The highest BCUT2D eigenvalue weighted by atomic mass is 16.7. The van der Waals surface area contributed by atoms with Gasteiger partial charge in [-0.1, -0.05) is 0 Å². The number of aliphatic hydroxyl groups is 1. The summed E-state index contributed by atoms with van der Waals surface area (Å²) < 4.78 is 16.1. The van der Waals surface area contributed by atoms with Crippen LogP contribution in [-0.4, -0.2) is 43.8 Å². The van der Waals surface area contributed by atoms with E-state index in [-0.39, 0.29) is 12.9 Å². The van der Waals surface area contributed by atoms with Gasteiger partial charge in [-0.15, -0.1) is 0 Å². The second-order valence-corrected chi connectivity index (χ2v) is 5.11. The molecule has 1 heterocycles. The molecule has 0 spiro atoms. The fourth-order valence-electron chi connectivity index (χ4n) is 2.11. The zero-order valence-electron chi connectivity index (χ0n) is 12.3. The molecule has 1 unspecified atom stereocenters. The van der Waals surface area contributed by atoms with Crippen LogP contribution < -0.4 is 14.4 Å². The number of rotatable bonds is 7. The molecule has 2 rings (SSSR count). The molecule has 0 radical (unpaired) electrons. The maximum atomic E-state index is 10.0. The lowest BCUT2D eigenvalue weighted by Gasteiger charge is -2.26. The molecule has 0 aliphatic carbocycles.